The van der Waals surface area contributed by atoms with Crippen molar-refractivity contribution in [2.45, 2.75) is 20.0 Å². The predicted octanol–water partition coefficient (Wildman–Crippen LogP) is 2.88. The largest absolute Gasteiger partial charge is 0.493 e. The van der Waals surface area contributed by atoms with Crippen molar-refractivity contribution in [1.29, 1.82) is 0 Å². The Balaban J connectivity index is 1.58. The van der Waals surface area contributed by atoms with Crippen molar-refractivity contribution in [2.24, 2.45) is 0 Å². The molecule has 0 fully saturated rings. The fraction of sp³-hybridized carbons (Fsp3) is 0.263. The fourth-order valence-electron chi connectivity index (χ4n) is 2.63. The number of hydrogen-bond acceptors (Lipinski definition) is 5. The third-order valence-corrected chi connectivity index (χ3v) is 3.99. The highest BCUT2D eigenvalue weighted by Gasteiger charge is 2.05. The Bertz CT molecular complexity index is 828. The van der Waals surface area contributed by atoms with Crippen LogP contribution in [0.1, 0.15) is 17.0 Å². The highest BCUT2D eigenvalue weighted by molar-refractivity contribution is 5.42. The van der Waals surface area contributed by atoms with Crippen LogP contribution in [0.2, 0.25) is 0 Å². The zero-order valence-electron chi connectivity index (χ0n) is 14.7. The molecule has 0 aliphatic carbocycles. The first-order chi connectivity index (χ1) is 12.2. The number of rotatable bonds is 7. The first-order valence-electron chi connectivity index (χ1n) is 8.08. The number of ether oxygens (including phenoxy) is 2. The van der Waals surface area contributed by atoms with Gasteiger partial charge in [-0.1, -0.05) is 12.1 Å². The second-order valence-corrected chi connectivity index (χ2v) is 5.66. The maximum absolute atomic E-state index is 5.33. The summed E-state index contributed by atoms with van der Waals surface area (Å²) in [5, 5.41) is 3.42. The number of aromatic nitrogens is 3. The second-order valence-electron chi connectivity index (χ2n) is 5.66. The van der Waals surface area contributed by atoms with Gasteiger partial charge in [-0.25, -0.2) is 9.97 Å². The Morgan fingerprint density at radius 2 is 1.72 bits per heavy atom. The minimum atomic E-state index is 0.737. The highest BCUT2D eigenvalue weighted by atomic mass is 16.5. The number of hydrogen-bond donors (Lipinski definition) is 1. The molecule has 130 valence electrons. The van der Waals surface area contributed by atoms with Crippen LogP contribution in [0.15, 0.2) is 48.9 Å². The molecule has 0 saturated heterocycles. The predicted molar refractivity (Wildman–Crippen MR) is 96.2 cm³/mol. The molecule has 1 aromatic carbocycles. The van der Waals surface area contributed by atoms with E-state index in [4.69, 9.17) is 9.47 Å². The monoisotopic (exact) mass is 338 g/mol. The molecule has 0 atom stereocenters. The summed E-state index contributed by atoms with van der Waals surface area (Å²) in [7, 11) is 3.28. The summed E-state index contributed by atoms with van der Waals surface area (Å²) in [5.74, 6) is 3.27. The van der Waals surface area contributed by atoms with Gasteiger partial charge in [-0.05, 0) is 36.2 Å². The number of pyridine rings is 1. The molecule has 6 heteroatoms. The number of aryl methyl sites for hydroxylation is 1. The second kappa shape index (κ2) is 7.81. The summed E-state index contributed by atoms with van der Waals surface area (Å²) >= 11 is 0. The molecular formula is C19H22N4O2. The molecule has 2 aromatic heterocycles. The van der Waals surface area contributed by atoms with Crippen molar-refractivity contribution in [3.63, 3.8) is 0 Å². The van der Waals surface area contributed by atoms with Crippen LogP contribution in [0.4, 0.5) is 0 Å². The molecule has 3 aromatic rings. The number of benzene rings is 1. The van der Waals surface area contributed by atoms with Gasteiger partial charge in [0.15, 0.2) is 11.5 Å². The van der Waals surface area contributed by atoms with Crippen LogP contribution in [0.3, 0.4) is 0 Å². The topological polar surface area (TPSA) is 61.2 Å². The van der Waals surface area contributed by atoms with Crippen molar-refractivity contribution < 1.29 is 9.47 Å². The maximum atomic E-state index is 5.33. The van der Waals surface area contributed by atoms with Gasteiger partial charge < -0.3 is 14.8 Å². The van der Waals surface area contributed by atoms with Crippen LogP contribution in [0.5, 0.6) is 11.5 Å². The van der Waals surface area contributed by atoms with Gasteiger partial charge in [-0.3, -0.25) is 4.57 Å². The zero-order valence-corrected chi connectivity index (χ0v) is 14.7. The van der Waals surface area contributed by atoms with E-state index in [0.29, 0.717) is 0 Å². The van der Waals surface area contributed by atoms with Crippen molar-refractivity contribution in [2.75, 3.05) is 14.2 Å². The van der Waals surface area contributed by atoms with Crippen molar-refractivity contribution in [3.05, 3.63) is 65.9 Å². The lowest BCUT2D eigenvalue weighted by atomic mass is 10.2. The van der Waals surface area contributed by atoms with Gasteiger partial charge in [0.05, 0.1) is 14.2 Å². The van der Waals surface area contributed by atoms with Crippen LogP contribution in [-0.2, 0) is 13.1 Å². The third-order valence-electron chi connectivity index (χ3n) is 3.99. The summed E-state index contributed by atoms with van der Waals surface area (Å²) in [6.45, 7) is 3.44. The van der Waals surface area contributed by atoms with Crippen LogP contribution < -0.4 is 14.8 Å². The van der Waals surface area contributed by atoms with Gasteiger partial charge in [0.25, 0.3) is 0 Å². The van der Waals surface area contributed by atoms with Crippen molar-refractivity contribution in [1.82, 2.24) is 19.9 Å². The third kappa shape index (κ3) is 3.97. The molecule has 0 aliphatic heterocycles. The number of nitrogens with zero attached hydrogens (tertiary/aromatic N) is 3. The van der Waals surface area contributed by atoms with Crippen LogP contribution in [0, 0.1) is 6.92 Å². The normalized spacial score (nSPS) is 10.7. The Hall–Kier alpha value is -2.86. The Morgan fingerprint density at radius 3 is 2.36 bits per heavy atom. The Morgan fingerprint density at radius 1 is 0.960 bits per heavy atom. The average Bonchev–Trinajstić information content (AvgIpc) is 3.08. The van der Waals surface area contributed by atoms with E-state index < -0.39 is 0 Å². The molecule has 0 saturated carbocycles. The Kier molecular flexibility index (Phi) is 5.30. The van der Waals surface area contributed by atoms with E-state index in [0.717, 1.165) is 47.4 Å². The van der Waals surface area contributed by atoms with Gasteiger partial charge in [0, 0.05) is 31.7 Å². The molecule has 25 heavy (non-hydrogen) atoms. The van der Waals surface area contributed by atoms with Gasteiger partial charge in [0.2, 0.25) is 0 Å². The molecule has 2 heterocycles. The maximum Gasteiger partial charge on any atom is 0.161 e. The molecule has 6 nitrogen and oxygen atoms in total. The molecule has 1 N–H and O–H groups in total. The molecule has 0 spiro atoms. The quantitative estimate of drug-likeness (QED) is 0.718. The molecule has 0 amide bonds. The average molecular weight is 338 g/mol. The van der Waals surface area contributed by atoms with Gasteiger partial charge >= 0.3 is 0 Å². The van der Waals surface area contributed by atoms with E-state index in [1.165, 1.54) is 0 Å². The van der Waals surface area contributed by atoms with Crippen molar-refractivity contribution in [3.8, 4) is 17.3 Å². The first kappa shape index (κ1) is 17.0. The summed E-state index contributed by atoms with van der Waals surface area (Å²) in [6.07, 6.45) is 5.57. The van der Waals surface area contributed by atoms with E-state index in [2.05, 4.69) is 21.4 Å². The van der Waals surface area contributed by atoms with E-state index in [1.807, 2.05) is 48.1 Å². The standard InChI is InChI=1S/C19H22N4O2/c1-14-21-8-9-23(14)19-7-5-16(13-22-19)12-20-11-15-4-6-17(24-2)18(10-15)25-3/h4-10,13,20H,11-12H2,1-3H3. The molecule has 0 radical (unpaired) electrons. The van der Waals surface area contributed by atoms with E-state index in [9.17, 15) is 0 Å². The summed E-state index contributed by atoms with van der Waals surface area (Å²) < 4.78 is 12.5. The summed E-state index contributed by atoms with van der Waals surface area (Å²) in [6, 6.07) is 10.00. The van der Waals surface area contributed by atoms with E-state index in [1.54, 1.807) is 20.4 Å². The minimum absolute atomic E-state index is 0.737. The fourth-order valence-corrected chi connectivity index (χ4v) is 2.63. The van der Waals surface area contributed by atoms with Gasteiger partial charge in [0.1, 0.15) is 11.6 Å². The number of methoxy groups -OCH3 is 2. The smallest absolute Gasteiger partial charge is 0.161 e. The molecular weight excluding hydrogens is 316 g/mol. The van der Waals surface area contributed by atoms with Crippen molar-refractivity contribution >= 4 is 0 Å². The SMILES string of the molecule is COc1ccc(CNCc2ccc(-n3ccnc3C)nc2)cc1OC. The number of imidazole rings is 1. The van der Waals surface area contributed by atoms with E-state index >= 15 is 0 Å². The molecule has 0 aliphatic rings. The first-order valence-corrected chi connectivity index (χ1v) is 8.08. The highest BCUT2D eigenvalue weighted by Crippen LogP contribution is 2.27. The van der Waals surface area contributed by atoms with E-state index in [-0.39, 0.29) is 0 Å². The lowest BCUT2D eigenvalue weighted by Crippen LogP contribution is -2.13. The van der Waals surface area contributed by atoms with Crippen LogP contribution in [-0.4, -0.2) is 28.8 Å². The number of nitrogens with one attached hydrogen (secondary N) is 1. The zero-order chi connectivity index (χ0) is 17.6. The lowest BCUT2D eigenvalue weighted by Gasteiger charge is -2.10. The van der Waals surface area contributed by atoms with Gasteiger partial charge in [-0.15, -0.1) is 0 Å². The minimum Gasteiger partial charge on any atom is -0.493 e. The molecule has 0 bridgehead atoms. The summed E-state index contributed by atoms with van der Waals surface area (Å²) in [4.78, 5) is 8.72. The molecule has 0 unspecified atom stereocenters. The Labute approximate surface area is 147 Å². The summed E-state index contributed by atoms with van der Waals surface area (Å²) in [5.41, 5.74) is 2.26. The van der Waals surface area contributed by atoms with Crippen LogP contribution >= 0.6 is 0 Å². The van der Waals surface area contributed by atoms with Crippen LogP contribution in [0.25, 0.3) is 5.82 Å². The lowest BCUT2D eigenvalue weighted by molar-refractivity contribution is 0.354. The molecule has 3 rings (SSSR count). The van der Waals surface area contributed by atoms with Gasteiger partial charge in [-0.2, -0.15) is 0 Å².